The molecule has 2 N–H and O–H groups in total. The van der Waals surface area contributed by atoms with Crippen LogP contribution in [0, 0.1) is 6.92 Å². The van der Waals surface area contributed by atoms with Gasteiger partial charge in [-0.2, -0.15) is 5.10 Å². The highest BCUT2D eigenvalue weighted by atomic mass is 35.5. The van der Waals surface area contributed by atoms with Crippen molar-refractivity contribution in [3.63, 3.8) is 0 Å². The number of hydrogen-bond donors (Lipinski definition) is 2. The quantitative estimate of drug-likeness (QED) is 0.434. The fourth-order valence-corrected chi connectivity index (χ4v) is 3.97. The Bertz CT molecular complexity index is 1090. The number of thiophene rings is 1. The number of amides is 1. The van der Waals surface area contributed by atoms with E-state index in [-0.39, 0.29) is 28.6 Å². The van der Waals surface area contributed by atoms with Crippen LogP contribution in [0.3, 0.4) is 0 Å². The van der Waals surface area contributed by atoms with Crippen molar-refractivity contribution < 1.29 is 19.1 Å². The second-order valence-corrected chi connectivity index (χ2v) is 7.62. The Balaban J connectivity index is 1.89. The lowest BCUT2D eigenvalue weighted by atomic mass is 10.1. The molecule has 2 aromatic heterocycles. The molecule has 0 bridgehead atoms. The Kier molecular flexibility index (Phi) is 6.14. The number of aromatic nitrogens is 2. The number of aromatic amines is 1. The minimum absolute atomic E-state index is 0.182. The number of carbonyl (C=O) groups excluding carboxylic acids is 3. The minimum Gasteiger partial charge on any atom is -0.462 e. The molecule has 9 heteroatoms. The van der Waals surface area contributed by atoms with E-state index in [1.54, 1.807) is 44.2 Å². The van der Waals surface area contributed by atoms with Crippen molar-refractivity contribution in [2.75, 3.05) is 11.9 Å². The maximum atomic E-state index is 12.7. The zero-order valence-corrected chi connectivity index (χ0v) is 17.5. The van der Waals surface area contributed by atoms with Crippen LogP contribution in [0.25, 0.3) is 11.3 Å². The van der Waals surface area contributed by atoms with Gasteiger partial charge in [-0.3, -0.25) is 14.7 Å². The number of hydrogen-bond acceptors (Lipinski definition) is 6. The molecule has 1 aromatic carbocycles. The fourth-order valence-electron chi connectivity index (χ4n) is 2.76. The third-order valence-electron chi connectivity index (χ3n) is 4.14. The number of nitrogens with one attached hydrogen (secondary N) is 2. The van der Waals surface area contributed by atoms with Gasteiger partial charge in [-0.1, -0.05) is 23.7 Å². The van der Waals surface area contributed by atoms with Crippen LogP contribution in [-0.2, 0) is 4.74 Å². The molecule has 0 aliphatic rings. The van der Waals surface area contributed by atoms with Gasteiger partial charge in [0.1, 0.15) is 10.7 Å². The topological polar surface area (TPSA) is 101 Å². The smallest absolute Gasteiger partial charge is 0.341 e. The van der Waals surface area contributed by atoms with Crippen molar-refractivity contribution in [2.45, 2.75) is 20.8 Å². The maximum Gasteiger partial charge on any atom is 0.341 e. The lowest BCUT2D eigenvalue weighted by Gasteiger charge is -2.06. The summed E-state index contributed by atoms with van der Waals surface area (Å²) in [6.07, 6.45) is 0. The Hall–Kier alpha value is -2.97. The average molecular weight is 432 g/mol. The van der Waals surface area contributed by atoms with E-state index in [0.29, 0.717) is 21.2 Å². The first-order chi connectivity index (χ1) is 13.8. The number of Topliss-reactive ketones (excluding diaryl/α,β-unsaturated/α-hetero) is 1. The van der Waals surface area contributed by atoms with Gasteiger partial charge < -0.3 is 10.1 Å². The molecule has 0 fully saturated rings. The number of nitrogens with zero attached hydrogens (tertiary/aromatic N) is 1. The van der Waals surface area contributed by atoms with Crippen molar-refractivity contribution in [2.24, 2.45) is 0 Å². The largest absolute Gasteiger partial charge is 0.462 e. The summed E-state index contributed by atoms with van der Waals surface area (Å²) in [5.41, 5.74) is 2.25. The second-order valence-electron chi connectivity index (χ2n) is 6.16. The third-order valence-corrected chi connectivity index (χ3v) is 5.70. The van der Waals surface area contributed by atoms with Gasteiger partial charge in [-0.15, -0.1) is 11.3 Å². The van der Waals surface area contributed by atoms with E-state index in [2.05, 4.69) is 15.5 Å². The monoisotopic (exact) mass is 431 g/mol. The molecule has 7 nitrogen and oxygen atoms in total. The van der Waals surface area contributed by atoms with Gasteiger partial charge in [-0.05, 0) is 44.5 Å². The van der Waals surface area contributed by atoms with Crippen molar-refractivity contribution in [1.82, 2.24) is 10.2 Å². The molecule has 0 radical (unpaired) electrons. The molecule has 0 aliphatic heterocycles. The van der Waals surface area contributed by atoms with Crippen molar-refractivity contribution in [3.8, 4) is 11.3 Å². The van der Waals surface area contributed by atoms with Crippen molar-refractivity contribution in [3.05, 3.63) is 57.1 Å². The zero-order chi connectivity index (χ0) is 21.1. The first-order valence-electron chi connectivity index (χ1n) is 8.76. The van der Waals surface area contributed by atoms with E-state index in [1.807, 2.05) is 0 Å². The molecule has 0 aliphatic carbocycles. The Morgan fingerprint density at radius 3 is 2.55 bits per heavy atom. The lowest BCUT2D eigenvalue weighted by molar-refractivity contribution is 0.0527. The highest BCUT2D eigenvalue weighted by Crippen LogP contribution is 2.34. The van der Waals surface area contributed by atoms with E-state index in [4.69, 9.17) is 16.3 Å². The van der Waals surface area contributed by atoms with E-state index in [9.17, 15) is 14.4 Å². The molecule has 1 amide bonds. The Morgan fingerprint density at radius 1 is 1.24 bits per heavy atom. The van der Waals surface area contributed by atoms with E-state index >= 15 is 0 Å². The van der Waals surface area contributed by atoms with Crippen LogP contribution >= 0.6 is 22.9 Å². The summed E-state index contributed by atoms with van der Waals surface area (Å²) in [6, 6.07) is 8.64. The number of carbonyl (C=O) groups is 3. The standard InChI is InChI=1S/C20H18ClN3O4S/c1-4-28-20(27)16-10(2)17(11(3)25)29-19(16)22-18(26)15-9-14(23-24-15)12-5-7-13(21)8-6-12/h5-9H,4H2,1-3H3,(H,22,26)(H,23,24). The minimum atomic E-state index is -0.587. The summed E-state index contributed by atoms with van der Waals surface area (Å²) >= 11 is 6.94. The highest BCUT2D eigenvalue weighted by molar-refractivity contribution is 7.18. The van der Waals surface area contributed by atoms with Crippen LogP contribution in [0.1, 0.15) is 49.9 Å². The molecule has 0 spiro atoms. The molecule has 0 saturated heterocycles. The van der Waals surface area contributed by atoms with Crippen LogP contribution in [0.15, 0.2) is 30.3 Å². The Morgan fingerprint density at radius 2 is 1.93 bits per heavy atom. The van der Waals surface area contributed by atoms with Gasteiger partial charge in [-0.25, -0.2) is 4.79 Å². The molecule has 3 rings (SSSR count). The number of ketones is 1. The summed E-state index contributed by atoms with van der Waals surface area (Å²) in [6.45, 7) is 4.94. The average Bonchev–Trinajstić information content (AvgIpc) is 3.28. The van der Waals surface area contributed by atoms with Crippen LogP contribution in [0.2, 0.25) is 5.02 Å². The maximum absolute atomic E-state index is 12.7. The van der Waals surface area contributed by atoms with E-state index in [1.165, 1.54) is 6.92 Å². The number of anilines is 1. The van der Waals surface area contributed by atoms with Gasteiger partial charge in [0.15, 0.2) is 5.78 Å². The predicted octanol–water partition coefficient (Wildman–Crippen LogP) is 4.73. The van der Waals surface area contributed by atoms with Crippen molar-refractivity contribution in [1.29, 1.82) is 0 Å². The summed E-state index contributed by atoms with van der Waals surface area (Å²) < 4.78 is 5.08. The van der Waals surface area contributed by atoms with E-state index < -0.39 is 11.9 Å². The van der Waals surface area contributed by atoms with Crippen LogP contribution in [0.4, 0.5) is 5.00 Å². The summed E-state index contributed by atoms with van der Waals surface area (Å²) in [5.74, 6) is -1.26. The number of rotatable bonds is 6. The molecule has 0 saturated carbocycles. The molecular weight excluding hydrogens is 414 g/mol. The summed E-state index contributed by atoms with van der Waals surface area (Å²) in [5, 5.41) is 10.4. The van der Waals surface area contributed by atoms with Crippen LogP contribution in [-0.4, -0.2) is 34.5 Å². The number of H-pyrrole nitrogens is 1. The molecule has 0 unspecified atom stereocenters. The predicted molar refractivity (Wildman–Crippen MR) is 112 cm³/mol. The van der Waals surface area contributed by atoms with Crippen molar-refractivity contribution >= 4 is 45.6 Å². The van der Waals surface area contributed by atoms with Crippen LogP contribution < -0.4 is 5.32 Å². The molecule has 3 aromatic rings. The van der Waals surface area contributed by atoms with Gasteiger partial charge in [0.05, 0.1) is 22.7 Å². The third kappa shape index (κ3) is 4.38. The van der Waals surface area contributed by atoms with E-state index in [0.717, 1.165) is 16.9 Å². The molecular formula is C20H18ClN3O4S. The Labute approximate surface area is 176 Å². The molecule has 2 heterocycles. The van der Waals surface area contributed by atoms with Crippen LogP contribution in [0.5, 0.6) is 0 Å². The first-order valence-corrected chi connectivity index (χ1v) is 9.95. The first kappa shape index (κ1) is 20.8. The lowest BCUT2D eigenvalue weighted by Crippen LogP contribution is -2.15. The summed E-state index contributed by atoms with van der Waals surface area (Å²) in [4.78, 5) is 37.3. The number of halogens is 1. The summed E-state index contributed by atoms with van der Waals surface area (Å²) in [7, 11) is 0. The molecule has 150 valence electrons. The van der Waals surface area contributed by atoms with Gasteiger partial charge in [0, 0.05) is 10.6 Å². The van der Waals surface area contributed by atoms with Gasteiger partial charge >= 0.3 is 5.97 Å². The normalized spacial score (nSPS) is 10.6. The zero-order valence-electron chi connectivity index (χ0n) is 16.0. The fraction of sp³-hybridized carbons (Fsp3) is 0.200. The number of ether oxygens (including phenoxy) is 1. The van der Waals surface area contributed by atoms with Gasteiger partial charge in [0.25, 0.3) is 5.91 Å². The second kappa shape index (κ2) is 8.59. The SMILES string of the molecule is CCOC(=O)c1c(NC(=O)c2cc(-c3ccc(Cl)cc3)n[nH]2)sc(C(C)=O)c1C. The number of esters is 1. The van der Waals surface area contributed by atoms with Gasteiger partial charge in [0.2, 0.25) is 0 Å². The highest BCUT2D eigenvalue weighted by Gasteiger charge is 2.26. The molecule has 0 atom stereocenters. The number of benzene rings is 1. The molecule has 29 heavy (non-hydrogen) atoms.